The number of amides is 1. The second kappa shape index (κ2) is 14.0. The van der Waals surface area contributed by atoms with Crippen LogP contribution < -0.4 is 5.32 Å². The molecule has 1 aliphatic carbocycles. The fourth-order valence-corrected chi connectivity index (χ4v) is 6.95. The molecule has 1 fully saturated rings. The topological polar surface area (TPSA) is 183 Å². The third-order valence-electron chi connectivity index (χ3n) is 9.68. The van der Waals surface area contributed by atoms with Crippen LogP contribution in [0.5, 0.6) is 0 Å². The summed E-state index contributed by atoms with van der Waals surface area (Å²) in [5, 5.41) is 21.7. The SMILES string of the molecule is CO[C@H]1C[C@H]2C=C[C@]3(C)C[C@]2(O[C@H]3[C@H](OC(=O)c2ccc[nH]2)[C@H](C)[C@H](C)O)/C(C)=C/[C@@H](C)[C@@H]([C@@H](C)OC(=O)NCC(=O)O)OC1=O. The number of nitrogens with one attached hydrogen (secondary N) is 2. The quantitative estimate of drug-likeness (QED) is 0.166. The van der Waals surface area contributed by atoms with Gasteiger partial charge in [-0.1, -0.05) is 39.0 Å². The highest BCUT2D eigenvalue weighted by Gasteiger charge is 2.62. The Balaban J connectivity index is 1.71. The first-order chi connectivity index (χ1) is 21.6. The molecule has 4 N–H and O–H groups in total. The first kappa shape index (κ1) is 35.2. The Morgan fingerprint density at radius 3 is 2.54 bits per heavy atom. The van der Waals surface area contributed by atoms with Crippen molar-refractivity contribution in [3.05, 3.63) is 47.8 Å². The first-order valence-corrected chi connectivity index (χ1v) is 15.6. The van der Waals surface area contributed by atoms with Gasteiger partial charge in [0, 0.05) is 36.5 Å². The van der Waals surface area contributed by atoms with E-state index in [1.54, 1.807) is 32.2 Å². The maximum atomic E-state index is 13.5. The van der Waals surface area contributed by atoms with Crippen molar-refractivity contribution in [2.75, 3.05) is 13.7 Å². The van der Waals surface area contributed by atoms with E-state index in [0.29, 0.717) is 6.42 Å². The molecule has 0 unspecified atom stereocenters. The fourth-order valence-electron chi connectivity index (χ4n) is 6.95. The van der Waals surface area contributed by atoms with Crippen molar-refractivity contribution in [2.45, 2.75) is 96.6 Å². The van der Waals surface area contributed by atoms with Crippen LogP contribution in [0.25, 0.3) is 0 Å². The number of cyclic esters (lactones) is 1. The second-order valence-electron chi connectivity index (χ2n) is 13.1. The minimum Gasteiger partial charge on any atom is -0.480 e. The number of hydrogen-bond donors (Lipinski definition) is 4. The lowest BCUT2D eigenvalue weighted by atomic mass is 9.64. The number of aromatic nitrogens is 1. The maximum Gasteiger partial charge on any atom is 0.408 e. The van der Waals surface area contributed by atoms with Crippen LogP contribution in [-0.2, 0) is 33.3 Å². The minimum atomic E-state index is -1.23. The fraction of sp³-hybridized carbons (Fsp3) is 0.636. The zero-order valence-electron chi connectivity index (χ0n) is 27.4. The van der Waals surface area contributed by atoms with Crippen molar-refractivity contribution < 1.29 is 53.1 Å². The number of esters is 2. The lowest BCUT2D eigenvalue weighted by molar-refractivity contribution is -0.172. The summed E-state index contributed by atoms with van der Waals surface area (Å²) in [7, 11) is 1.42. The molecule has 1 aromatic heterocycles. The van der Waals surface area contributed by atoms with Gasteiger partial charge in [-0.3, -0.25) is 4.79 Å². The van der Waals surface area contributed by atoms with Crippen LogP contribution in [0.4, 0.5) is 4.79 Å². The average molecular weight is 647 g/mol. The Bertz CT molecular complexity index is 1340. The number of hydrogen-bond acceptors (Lipinski definition) is 10. The maximum absolute atomic E-state index is 13.5. The number of aliphatic hydroxyl groups is 1. The molecule has 46 heavy (non-hydrogen) atoms. The van der Waals surface area contributed by atoms with Gasteiger partial charge in [0.25, 0.3) is 0 Å². The van der Waals surface area contributed by atoms with E-state index in [1.165, 1.54) is 7.11 Å². The number of carbonyl (C=O) groups excluding carboxylic acids is 3. The average Bonchev–Trinajstić information content (AvgIpc) is 3.62. The number of aliphatic hydroxyl groups excluding tert-OH is 1. The zero-order valence-corrected chi connectivity index (χ0v) is 27.4. The highest BCUT2D eigenvalue weighted by molar-refractivity contribution is 5.87. The van der Waals surface area contributed by atoms with Gasteiger partial charge in [0.05, 0.1) is 11.7 Å². The third kappa shape index (κ3) is 7.16. The van der Waals surface area contributed by atoms with Crippen molar-refractivity contribution in [3.63, 3.8) is 0 Å². The van der Waals surface area contributed by atoms with Gasteiger partial charge in [-0.15, -0.1) is 0 Å². The molecule has 1 amide bonds. The van der Waals surface area contributed by atoms with Crippen LogP contribution in [-0.4, -0.2) is 95.1 Å². The standard InChI is InChI=1S/C33H46N2O11/c1-17-13-18(2)33-16-32(6,28(46-33)27(19(3)20(4)36)45-29(39)23-9-8-12-34-23)11-10-22(33)14-24(42-7)30(40)44-26(17)21(5)43-31(41)35-15-25(37)38/h8-13,17,19-22,24,26-28,34,36H,14-16H2,1-7H3,(H,35,41)(H,37,38)/b18-13+/t17-,19-,20+,21-,22-,24+,26+,27-,28+,32-,33+/m1/s1. The number of rotatable bonds is 10. The van der Waals surface area contributed by atoms with Gasteiger partial charge in [-0.2, -0.15) is 0 Å². The van der Waals surface area contributed by atoms with Crippen molar-refractivity contribution >= 4 is 24.0 Å². The summed E-state index contributed by atoms with van der Waals surface area (Å²) in [6.45, 7) is 10.2. The van der Waals surface area contributed by atoms with Gasteiger partial charge in [0.2, 0.25) is 0 Å². The smallest absolute Gasteiger partial charge is 0.408 e. The normalized spacial score (nSPS) is 34.5. The molecule has 1 spiro atoms. The van der Waals surface area contributed by atoms with Crippen LogP contribution >= 0.6 is 0 Å². The lowest BCUT2D eigenvalue weighted by Gasteiger charge is -2.42. The van der Waals surface area contributed by atoms with Gasteiger partial charge >= 0.3 is 24.0 Å². The number of methoxy groups -OCH3 is 1. The summed E-state index contributed by atoms with van der Waals surface area (Å²) >= 11 is 0. The Morgan fingerprint density at radius 1 is 1.22 bits per heavy atom. The predicted octanol–water partition coefficient (Wildman–Crippen LogP) is 3.39. The lowest BCUT2D eigenvalue weighted by Crippen LogP contribution is -2.48. The minimum absolute atomic E-state index is 0.216. The Labute approximate surface area is 268 Å². The summed E-state index contributed by atoms with van der Waals surface area (Å²) < 4.78 is 30.1. The Morgan fingerprint density at radius 2 is 1.93 bits per heavy atom. The molecule has 0 radical (unpaired) electrons. The number of aromatic amines is 1. The summed E-state index contributed by atoms with van der Waals surface area (Å²) in [5.41, 5.74) is -0.406. The van der Waals surface area contributed by atoms with E-state index in [4.69, 9.17) is 28.8 Å². The van der Waals surface area contributed by atoms with E-state index >= 15 is 0 Å². The van der Waals surface area contributed by atoms with Gasteiger partial charge in [0.15, 0.2) is 6.10 Å². The van der Waals surface area contributed by atoms with E-state index in [1.807, 2.05) is 45.9 Å². The number of carboxylic acid groups (broad SMARTS) is 1. The molecule has 1 saturated heterocycles. The van der Waals surface area contributed by atoms with E-state index in [0.717, 1.165) is 5.57 Å². The number of H-pyrrole nitrogens is 1. The molecular formula is C33H46N2O11. The molecule has 0 saturated carbocycles. The first-order valence-electron chi connectivity index (χ1n) is 15.6. The van der Waals surface area contributed by atoms with Gasteiger partial charge in [-0.25, -0.2) is 14.4 Å². The van der Waals surface area contributed by atoms with Crippen LogP contribution in [0.15, 0.2) is 42.1 Å². The van der Waals surface area contributed by atoms with Crippen molar-refractivity contribution in [3.8, 4) is 0 Å². The third-order valence-corrected chi connectivity index (χ3v) is 9.68. The Hall–Kier alpha value is -3.68. The van der Waals surface area contributed by atoms with Crippen molar-refractivity contribution in [2.24, 2.45) is 23.2 Å². The summed E-state index contributed by atoms with van der Waals surface area (Å²) in [4.78, 5) is 52.7. The second-order valence-corrected chi connectivity index (χ2v) is 13.1. The molecular weight excluding hydrogens is 600 g/mol. The predicted molar refractivity (Wildman–Crippen MR) is 164 cm³/mol. The molecule has 254 valence electrons. The van der Waals surface area contributed by atoms with Crippen molar-refractivity contribution in [1.29, 1.82) is 0 Å². The Kier molecular flexibility index (Phi) is 10.7. The molecule has 3 aliphatic rings. The molecule has 1 aromatic rings. The van der Waals surface area contributed by atoms with Gasteiger partial charge in [-0.05, 0) is 51.3 Å². The highest BCUT2D eigenvalue weighted by Crippen LogP contribution is 2.58. The van der Waals surface area contributed by atoms with Crippen LogP contribution in [0, 0.1) is 23.2 Å². The molecule has 2 aliphatic heterocycles. The molecule has 3 heterocycles. The van der Waals surface area contributed by atoms with Crippen LogP contribution in [0.1, 0.15) is 64.9 Å². The number of carboxylic acids is 1. The largest absolute Gasteiger partial charge is 0.480 e. The monoisotopic (exact) mass is 646 g/mol. The van der Waals surface area contributed by atoms with Gasteiger partial charge < -0.3 is 44.2 Å². The summed E-state index contributed by atoms with van der Waals surface area (Å²) in [6, 6.07) is 3.32. The van der Waals surface area contributed by atoms with Gasteiger partial charge in [0.1, 0.15) is 36.7 Å². The molecule has 11 atom stereocenters. The highest BCUT2D eigenvalue weighted by atomic mass is 16.6. The molecule has 4 rings (SSSR count). The summed E-state index contributed by atoms with van der Waals surface area (Å²) in [5.74, 6) is -3.71. The zero-order chi connectivity index (χ0) is 34.0. The molecule has 13 heteroatoms. The summed E-state index contributed by atoms with van der Waals surface area (Å²) in [6.07, 6.45) is 2.26. The number of ether oxygens (including phenoxy) is 5. The molecule has 13 nitrogen and oxygen atoms in total. The number of fused-ring (bicyclic) bond motifs is 1. The van der Waals surface area contributed by atoms with Crippen molar-refractivity contribution in [1.82, 2.24) is 10.3 Å². The van der Waals surface area contributed by atoms with Crippen LogP contribution in [0.3, 0.4) is 0 Å². The van der Waals surface area contributed by atoms with E-state index in [-0.39, 0.29) is 18.0 Å². The van der Waals surface area contributed by atoms with E-state index < -0.39 is 90.0 Å². The number of carbonyl (C=O) groups is 4. The molecule has 2 bridgehead atoms. The molecule has 0 aromatic carbocycles. The number of alkyl carbamates (subject to hydrolysis) is 1. The number of aliphatic carboxylic acids is 1. The van der Waals surface area contributed by atoms with Crippen LogP contribution in [0.2, 0.25) is 0 Å². The van der Waals surface area contributed by atoms with E-state index in [9.17, 15) is 24.3 Å². The van der Waals surface area contributed by atoms with E-state index in [2.05, 4.69) is 10.3 Å².